The van der Waals surface area contributed by atoms with Crippen molar-refractivity contribution in [3.63, 3.8) is 0 Å². The topological polar surface area (TPSA) is 110 Å². The largest absolute Gasteiger partial charge is 0.484 e. The van der Waals surface area contributed by atoms with Gasteiger partial charge in [-0.25, -0.2) is 4.98 Å². The summed E-state index contributed by atoms with van der Waals surface area (Å²) in [7, 11) is 0. The second-order valence-corrected chi connectivity index (χ2v) is 4.36. The van der Waals surface area contributed by atoms with E-state index in [1.807, 2.05) is 0 Å². The fraction of sp³-hybridized carbons (Fsp3) is 0.214. The van der Waals surface area contributed by atoms with Crippen LogP contribution in [-0.2, 0) is 11.2 Å². The highest BCUT2D eigenvalue weighted by Gasteiger charge is 2.06. The van der Waals surface area contributed by atoms with E-state index in [0.29, 0.717) is 24.3 Å². The standard InChI is InChI=1S/C14H16N4O3/c15-13(19)8-21-12-3-1-10(2-4-12)14(20)17-6-5-11-7-16-9-18-11/h1-4,7,9H,5-6,8H2,(H2,15,19)(H,16,18)(H,17,20). The number of nitrogens with two attached hydrogens (primary N) is 1. The first-order chi connectivity index (χ1) is 10.1. The van der Waals surface area contributed by atoms with Crippen LogP contribution in [0.25, 0.3) is 0 Å². The lowest BCUT2D eigenvalue weighted by molar-refractivity contribution is -0.119. The summed E-state index contributed by atoms with van der Waals surface area (Å²) in [5, 5.41) is 2.81. The molecule has 7 nitrogen and oxygen atoms in total. The smallest absolute Gasteiger partial charge is 0.255 e. The van der Waals surface area contributed by atoms with Gasteiger partial charge in [-0.2, -0.15) is 0 Å². The van der Waals surface area contributed by atoms with Gasteiger partial charge >= 0.3 is 0 Å². The zero-order valence-electron chi connectivity index (χ0n) is 11.3. The van der Waals surface area contributed by atoms with Crippen LogP contribution in [0.15, 0.2) is 36.8 Å². The molecule has 0 spiro atoms. The molecular formula is C14H16N4O3. The minimum atomic E-state index is -0.546. The van der Waals surface area contributed by atoms with Gasteiger partial charge in [0.2, 0.25) is 0 Å². The number of ether oxygens (including phenoxy) is 1. The number of carbonyl (C=O) groups excluding carboxylic acids is 2. The second-order valence-electron chi connectivity index (χ2n) is 4.36. The van der Waals surface area contributed by atoms with Gasteiger partial charge in [0.25, 0.3) is 11.8 Å². The van der Waals surface area contributed by atoms with E-state index in [-0.39, 0.29) is 12.5 Å². The van der Waals surface area contributed by atoms with E-state index >= 15 is 0 Å². The lowest BCUT2D eigenvalue weighted by Crippen LogP contribution is -2.25. The van der Waals surface area contributed by atoms with E-state index in [4.69, 9.17) is 10.5 Å². The number of nitrogens with one attached hydrogen (secondary N) is 2. The number of aromatic nitrogens is 2. The monoisotopic (exact) mass is 288 g/mol. The second kappa shape index (κ2) is 7.09. The van der Waals surface area contributed by atoms with Gasteiger partial charge in [-0.3, -0.25) is 9.59 Å². The lowest BCUT2D eigenvalue weighted by atomic mass is 10.2. The normalized spacial score (nSPS) is 10.1. The quantitative estimate of drug-likeness (QED) is 0.678. The van der Waals surface area contributed by atoms with Crippen molar-refractivity contribution in [3.05, 3.63) is 48.0 Å². The minimum Gasteiger partial charge on any atom is -0.484 e. The summed E-state index contributed by atoms with van der Waals surface area (Å²) >= 11 is 0. The van der Waals surface area contributed by atoms with E-state index in [9.17, 15) is 9.59 Å². The molecule has 0 fully saturated rings. The number of benzene rings is 1. The predicted molar refractivity (Wildman–Crippen MR) is 75.8 cm³/mol. The highest BCUT2D eigenvalue weighted by molar-refractivity contribution is 5.94. The summed E-state index contributed by atoms with van der Waals surface area (Å²) in [5.74, 6) is -0.227. The first kappa shape index (κ1) is 14.6. The lowest BCUT2D eigenvalue weighted by Gasteiger charge is -2.06. The average Bonchev–Trinajstić information content (AvgIpc) is 2.99. The zero-order chi connectivity index (χ0) is 15.1. The number of imidazole rings is 1. The summed E-state index contributed by atoms with van der Waals surface area (Å²) in [6.45, 7) is 0.330. The van der Waals surface area contributed by atoms with Crippen LogP contribution < -0.4 is 15.8 Å². The third-order valence-corrected chi connectivity index (χ3v) is 2.73. The third kappa shape index (κ3) is 4.64. The van der Waals surface area contributed by atoms with Gasteiger partial charge in [0.1, 0.15) is 5.75 Å². The molecular weight excluding hydrogens is 272 g/mol. The Hall–Kier alpha value is -2.83. The van der Waals surface area contributed by atoms with Crippen molar-refractivity contribution in [3.8, 4) is 5.75 Å². The third-order valence-electron chi connectivity index (χ3n) is 2.73. The number of nitrogens with zero attached hydrogens (tertiary/aromatic N) is 1. The van der Waals surface area contributed by atoms with E-state index in [0.717, 1.165) is 5.69 Å². The van der Waals surface area contributed by atoms with Crippen LogP contribution in [0.2, 0.25) is 0 Å². The number of carbonyl (C=O) groups is 2. The molecule has 1 aromatic carbocycles. The van der Waals surface area contributed by atoms with Crippen LogP contribution in [-0.4, -0.2) is 34.9 Å². The number of hydrogen-bond donors (Lipinski definition) is 3. The molecule has 0 atom stereocenters. The Bertz CT molecular complexity index is 593. The molecule has 2 rings (SSSR count). The summed E-state index contributed by atoms with van der Waals surface area (Å²) in [5.41, 5.74) is 6.46. The molecule has 0 radical (unpaired) electrons. The van der Waals surface area contributed by atoms with E-state index in [1.54, 1.807) is 36.8 Å². The molecule has 0 saturated carbocycles. The Balaban J connectivity index is 1.80. The Morgan fingerprint density at radius 2 is 2.05 bits per heavy atom. The average molecular weight is 288 g/mol. The van der Waals surface area contributed by atoms with Gasteiger partial charge < -0.3 is 20.8 Å². The number of H-pyrrole nitrogens is 1. The van der Waals surface area contributed by atoms with Gasteiger partial charge in [0, 0.05) is 30.4 Å². The van der Waals surface area contributed by atoms with Crippen LogP contribution in [0.3, 0.4) is 0 Å². The maximum absolute atomic E-state index is 11.9. The van der Waals surface area contributed by atoms with Crippen molar-refractivity contribution in [2.75, 3.05) is 13.2 Å². The summed E-state index contributed by atoms with van der Waals surface area (Å²) in [6.07, 6.45) is 4.00. The Morgan fingerprint density at radius 1 is 1.29 bits per heavy atom. The van der Waals surface area contributed by atoms with Gasteiger partial charge in [-0.05, 0) is 24.3 Å². The van der Waals surface area contributed by atoms with Crippen molar-refractivity contribution in [1.29, 1.82) is 0 Å². The zero-order valence-corrected chi connectivity index (χ0v) is 11.3. The predicted octanol–water partition coefficient (Wildman–Crippen LogP) is 0.246. The first-order valence-electron chi connectivity index (χ1n) is 6.42. The molecule has 2 amide bonds. The first-order valence-corrected chi connectivity index (χ1v) is 6.42. The van der Waals surface area contributed by atoms with Crippen molar-refractivity contribution in [2.24, 2.45) is 5.73 Å². The molecule has 4 N–H and O–H groups in total. The molecule has 0 aliphatic heterocycles. The molecule has 110 valence electrons. The van der Waals surface area contributed by atoms with Crippen molar-refractivity contribution in [1.82, 2.24) is 15.3 Å². The fourth-order valence-electron chi connectivity index (χ4n) is 1.69. The van der Waals surface area contributed by atoms with Gasteiger partial charge in [-0.1, -0.05) is 0 Å². The number of aromatic amines is 1. The van der Waals surface area contributed by atoms with Gasteiger partial charge in [0.05, 0.1) is 6.33 Å². The van der Waals surface area contributed by atoms with Crippen LogP contribution in [0.4, 0.5) is 0 Å². The highest BCUT2D eigenvalue weighted by atomic mass is 16.5. The van der Waals surface area contributed by atoms with Crippen LogP contribution >= 0.6 is 0 Å². The van der Waals surface area contributed by atoms with E-state index in [1.165, 1.54) is 0 Å². The highest BCUT2D eigenvalue weighted by Crippen LogP contribution is 2.11. The Kier molecular flexibility index (Phi) is 4.92. The maximum atomic E-state index is 11.9. The molecule has 0 saturated heterocycles. The number of amides is 2. The Morgan fingerprint density at radius 3 is 2.67 bits per heavy atom. The molecule has 0 aliphatic rings. The van der Waals surface area contributed by atoms with E-state index in [2.05, 4.69) is 15.3 Å². The number of hydrogen-bond acceptors (Lipinski definition) is 4. The van der Waals surface area contributed by atoms with Gasteiger partial charge in [0.15, 0.2) is 6.61 Å². The van der Waals surface area contributed by atoms with Crippen molar-refractivity contribution in [2.45, 2.75) is 6.42 Å². The number of primary amides is 1. The molecule has 0 aliphatic carbocycles. The molecule has 2 aromatic rings. The van der Waals surface area contributed by atoms with Crippen LogP contribution in [0.5, 0.6) is 5.75 Å². The molecule has 1 heterocycles. The Labute approximate surface area is 121 Å². The maximum Gasteiger partial charge on any atom is 0.255 e. The fourth-order valence-corrected chi connectivity index (χ4v) is 1.69. The molecule has 1 aromatic heterocycles. The summed E-state index contributed by atoms with van der Waals surface area (Å²) in [4.78, 5) is 29.4. The molecule has 7 heteroatoms. The van der Waals surface area contributed by atoms with Crippen LogP contribution in [0, 0.1) is 0 Å². The van der Waals surface area contributed by atoms with Crippen molar-refractivity contribution >= 4 is 11.8 Å². The van der Waals surface area contributed by atoms with Crippen LogP contribution in [0.1, 0.15) is 16.1 Å². The molecule has 0 unspecified atom stereocenters. The molecule has 21 heavy (non-hydrogen) atoms. The molecule has 0 bridgehead atoms. The number of rotatable bonds is 7. The summed E-state index contributed by atoms with van der Waals surface area (Å²) in [6, 6.07) is 6.49. The summed E-state index contributed by atoms with van der Waals surface area (Å²) < 4.78 is 5.11. The van der Waals surface area contributed by atoms with Gasteiger partial charge in [-0.15, -0.1) is 0 Å². The minimum absolute atomic E-state index is 0.170. The SMILES string of the molecule is NC(=O)COc1ccc(C(=O)NCCc2cnc[nH]2)cc1. The van der Waals surface area contributed by atoms with Crippen molar-refractivity contribution < 1.29 is 14.3 Å². The van der Waals surface area contributed by atoms with E-state index < -0.39 is 5.91 Å².